The van der Waals surface area contributed by atoms with Crippen LogP contribution in [0.15, 0.2) is 104 Å². The van der Waals surface area contributed by atoms with E-state index in [0.717, 1.165) is 29.9 Å². The number of anilines is 3. The molecule has 1 aliphatic rings. The van der Waals surface area contributed by atoms with Gasteiger partial charge in [0.15, 0.2) is 0 Å². The van der Waals surface area contributed by atoms with Crippen molar-refractivity contribution in [3.8, 4) is 11.1 Å². The Hall–Kier alpha value is -4.15. The van der Waals surface area contributed by atoms with Gasteiger partial charge in [-0.2, -0.15) is 0 Å². The molecule has 0 heterocycles. The van der Waals surface area contributed by atoms with Gasteiger partial charge in [0.05, 0.1) is 6.61 Å². The molecule has 1 atom stereocenters. The fourth-order valence-electron chi connectivity index (χ4n) is 6.07. The number of hydrogen-bond donors (Lipinski definition) is 1. The number of hydrogen-bond acceptors (Lipinski definition) is 4. The number of carbonyl (C=O) groups is 1. The summed E-state index contributed by atoms with van der Waals surface area (Å²) < 4.78 is 5.36. The lowest BCUT2D eigenvalue weighted by atomic mass is 9.71. The van der Waals surface area contributed by atoms with Gasteiger partial charge in [-0.15, -0.1) is 0 Å². The summed E-state index contributed by atoms with van der Waals surface area (Å²) >= 11 is 0. The first-order valence-corrected chi connectivity index (χ1v) is 14.0. The Kier molecular flexibility index (Phi) is 8.18. The lowest BCUT2D eigenvalue weighted by Crippen LogP contribution is -2.27. The van der Waals surface area contributed by atoms with Crippen LogP contribution >= 0.6 is 0 Å². The molecule has 204 valence electrons. The van der Waals surface area contributed by atoms with Crippen LogP contribution in [-0.4, -0.2) is 24.3 Å². The first-order chi connectivity index (χ1) is 19.5. The molecule has 0 saturated heterocycles. The fraction of sp³-hybridized carbons (Fsp3) is 0.250. The third kappa shape index (κ3) is 5.32. The predicted octanol–water partition coefficient (Wildman–Crippen LogP) is 8.32. The highest BCUT2D eigenvalue weighted by Gasteiger charge is 2.42. The molecule has 1 N–H and O–H groups in total. The fourth-order valence-corrected chi connectivity index (χ4v) is 6.07. The van der Waals surface area contributed by atoms with E-state index in [2.05, 4.69) is 116 Å². The van der Waals surface area contributed by atoms with Crippen molar-refractivity contribution < 1.29 is 14.6 Å². The van der Waals surface area contributed by atoms with Crippen LogP contribution in [0.4, 0.5) is 17.1 Å². The molecular weight excluding hydrogens is 494 g/mol. The molecule has 0 fully saturated rings. The van der Waals surface area contributed by atoms with Gasteiger partial charge in [0, 0.05) is 35.2 Å². The van der Waals surface area contributed by atoms with Gasteiger partial charge in [0.2, 0.25) is 0 Å². The highest BCUT2D eigenvalue weighted by atomic mass is 16.5. The molecule has 5 rings (SSSR count). The smallest absolute Gasteiger partial charge is 0.330 e. The van der Waals surface area contributed by atoms with Crippen molar-refractivity contribution in [3.05, 3.63) is 126 Å². The summed E-state index contributed by atoms with van der Waals surface area (Å²) in [5, 5.41) is 9.91. The van der Waals surface area contributed by atoms with E-state index in [1.54, 1.807) is 0 Å². The number of fused-ring (bicyclic) bond motifs is 3. The number of aryl methyl sites for hydroxylation is 2. The van der Waals surface area contributed by atoms with E-state index in [-0.39, 0.29) is 12.0 Å². The van der Waals surface area contributed by atoms with Gasteiger partial charge >= 0.3 is 5.97 Å². The zero-order chi connectivity index (χ0) is 28.1. The minimum atomic E-state index is -0.397. The Balaban J connectivity index is 1.63. The largest absolute Gasteiger partial charge is 0.463 e. The number of nitrogens with zero attached hydrogens (tertiary/aromatic N) is 1. The topological polar surface area (TPSA) is 49.8 Å². The van der Waals surface area contributed by atoms with Crippen molar-refractivity contribution in [1.29, 1.82) is 0 Å². The molecular formula is C36H37NO3. The van der Waals surface area contributed by atoms with Crippen LogP contribution in [0.1, 0.15) is 47.9 Å². The molecule has 0 bridgehead atoms. The number of carbonyl (C=O) groups excluding carboxylic acids is 1. The zero-order valence-electron chi connectivity index (χ0n) is 23.4. The van der Waals surface area contributed by atoms with Gasteiger partial charge < -0.3 is 14.7 Å². The summed E-state index contributed by atoms with van der Waals surface area (Å²) in [4.78, 5) is 14.0. The van der Waals surface area contributed by atoms with Crippen molar-refractivity contribution >= 4 is 23.0 Å². The molecule has 0 amide bonds. The van der Waals surface area contributed by atoms with E-state index >= 15 is 0 Å². The highest BCUT2D eigenvalue weighted by molar-refractivity contribution is 5.86. The normalized spacial score (nSPS) is 15.3. The van der Waals surface area contributed by atoms with Crippen molar-refractivity contribution in [2.24, 2.45) is 0 Å². The first-order valence-electron chi connectivity index (χ1n) is 14.0. The molecule has 4 heteroatoms. The van der Waals surface area contributed by atoms with Crippen LogP contribution < -0.4 is 4.90 Å². The van der Waals surface area contributed by atoms with E-state index in [0.29, 0.717) is 19.4 Å². The first kappa shape index (κ1) is 27.4. The average Bonchev–Trinajstić information content (AvgIpc) is 3.25. The van der Waals surface area contributed by atoms with E-state index in [1.807, 2.05) is 0 Å². The second kappa shape index (κ2) is 11.9. The van der Waals surface area contributed by atoms with Crippen molar-refractivity contribution in [2.45, 2.75) is 44.9 Å². The Morgan fingerprint density at radius 1 is 0.800 bits per heavy atom. The average molecular weight is 532 g/mol. The summed E-state index contributed by atoms with van der Waals surface area (Å²) in [7, 11) is 0. The number of rotatable bonds is 11. The van der Waals surface area contributed by atoms with E-state index < -0.39 is 5.97 Å². The van der Waals surface area contributed by atoms with Crippen molar-refractivity contribution in [3.63, 3.8) is 0 Å². The summed E-state index contributed by atoms with van der Waals surface area (Å²) in [5.74, 6) is -0.397. The van der Waals surface area contributed by atoms with Gasteiger partial charge in [-0.05, 0) is 98.2 Å². The maximum absolute atomic E-state index is 11.7. The monoisotopic (exact) mass is 531 g/mol. The molecule has 4 nitrogen and oxygen atoms in total. The van der Waals surface area contributed by atoms with Crippen molar-refractivity contribution in [1.82, 2.24) is 0 Å². The zero-order valence-corrected chi connectivity index (χ0v) is 23.4. The molecule has 0 radical (unpaired) electrons. The Bertz CT molecular complexity index is 1440. The summed E-state index contributed by atoms with van der Waals surface area (Å²) in [6.45, 7) is 8.18. The van der Waals surface area contributed by atoms with Crippen molar-refractivity contribution in [2.75, 3.05) is 18.1 Å². The summed E-state index contributed by atoms with van der Waals surface area (Å²) in [6, 6.07) is 32.7. The molecule has 0 saturated carbocycles. The van der Waals surface area contributed by atoms with Crippen LogP contribution in [0.25, 0.3) is 11.1 Å². The molecule has 1 unspecified atom stereocenters. The quantitative estimate of drug-likeness (QED) is 0.120. The van der Waals surface area contributed by atoms with Crippen LogP contribution in [-0.2, 0) is 14.9 Å². The third-order valence-corrected chi connectivity index (χ3v) is 8.01. The Morgan fingerprint density at radius 2 is 1.38 bits per heavy atom. The molecule has 0 aromatic heterocycles. The summed E-state index contributed by atoms with van der Waals surface area (Å²) in [5.41, 5.74) is 10.4. The Morgan fingerprint density at radius 3 is 2.00 bits per heavy atom. The maximum Gasteiger partial charge on any atom is 0.330 e. The number of esters is 1. The van der Waals surface area contributed by atoms with Gasteiger partial charge in [0.1, 0.15) is 0 Å². The molecule has 40 heavy (non-hydrogen) atoms. The molecule has 0 aliphatic heterocycles. The molecule has 4 aromatic carbocycles. The van der Waals surface area contributed by atoms with Crippen LogP contribution in [0.5, 0.6) is 0 Å². The van der Waals surface area contributed by atoms with E-state index in [9.17, 15) is 9.90 Å². The lowest BCUT2D eigenvalue weighted by Gasteiger charge is -2.34. The number of ether oxygens (including phenoxy) is 1. The van der Waals surface area contributed by atoms with Crippen LogP contribution in [0, 0.1) is 13.8 Å². The highest BCUT2D eigenvalue weighted by Crippen LogP contribution is 2.55. The van der Waals surface area contributed by atoms with E-state index in [4.69, 9.17) is 4.74 Å². The lowest BCUT2D eigenvalue weighted by molar-refractivity contribution is -0.137. The minimum Gasteiger partial charge on any atom is -0.463 e. The number of benzene rings is 4. The Labute approximate surface area is 237 Å². The van der Waals surface area contributed by atoms with Crippen LogP contribution in [0.2, 0.25) is 0 Å². The van der Waals surface area contributed by atoms with E-state index in [1.165, 1.54) is 39.5 Å². The second-order valence-electron chi connectivity index (χ2n) is 10.7. The number of aliphatic hydroxyl groups is 1. The van der Waals surface area contributed by atoms with Gasteiger partial charge in [-0.1, -0.05) is 72.3 Å². The molecule has 1 aliphatic carbocycles. The molecule has 0 spiro atoms. The van der Waals surface area contributed by atoms with Gasteiger partial charge in [-0.3, -0.25) is 0 Å². The number of aliphatic hydroxyl groups excluding tert-OH is 1. The predicted molar refractivity (Wildman–Crippen MR) is 164 cm³/mol. The summed E-state index contributed by atoms with van der Waals surface area (Å²) in [6.07, 6.45) is 4.22. The van der Waals surface area contributed by atoms with Gasteiger partial charge in [-0.25, -0.2) is 4.79 Å². The SMILES string of the molecule is C=CC(=O)OCCCC1(CCCO)c2ccccc2-c2ccc(N(c3ccc(C)cc3)c3ccc(C)cc3)cc21. The standard InChI is InChI=1S/C36H37NO3/c1-4-35(39)40-24-8-22-36(21-7-23-38)33-10-6-5-9-31(33)32-20-19-30(25-34(32)36)37(28-15-11-26(2)12-16-28)29-17-13-27(3)14-18-29/h4-6,9-20,25,38H,1,7-8,21-24H2,2-3H3. The maximum atomic E-state index is 11.7. The van der Waals surface area contributed by atoms with Gasteiger partial charge in [0.25, 0.3) is 0 Å². The molecule has 4 aromatic rings. The minimum absolute atomic E-state index is 0.128. The third-order valence-electron chi connectivity index (χ3n) is 8.01. The second-order valence-corrected chi connectivity index (χ2v) is 10.7. The van der Waals surface area contributed by atoms with Crippen LogP contribution in [0.3, 0.4) is 0 Å².